The minimum atomic E-state index is -0.0168. The Morgan fingerprint density at radius 1 is 1.50 bits per heavy atom. The number of hydrogen-bond donors (Lipinski definition) is 1. The Bertz CT molecular complexity index is 851. The van der Waals surface area contributed by atoms with Gasteiger partial charge in [-0.2, -0.15) is 5.10 Å². The fraction of sp³-hybridized carbons (Fsp3) is 0.312. The molecule has 3 heterocycles. The van der Waals surface area contributed by atoms with Gasteiger partial charge in [-0.25, -0.2) is 4.98 Å². The maximum Gasteiger partial charge on any atom is 0.228 e. The van der Waals surface area contributed by atoms with Crippen LogP contribution in [-0.4, -0.2) is 20.7 Å². The van der Waals surface area contributed by atoms with E-state index in [4.69, 9.17) is 4.42 Å². The average molecular weight is 296 g/mol. The Labute approximate surface area is 127 Å². The predicted octanol–water partition coefficient (Wildman–Crippen LogP) is 2.61. The van der Waals surface area contributed by atoms with Crippen LogP contribution in [0.5, 0.6) is 0 Å². The Morgan fingerprint density at radius 2 is 2.36 bits per heavy atom. The van der Waals surface area contributed by atoms with Gasteiger partial charge >= 0.3 is 0 Å². The number of anilines is 1. The Morgan fingerprint density at radius 3 is 3.14 bits per heavy atom. The van der Waals surface area contributed by atoms with E-state index in [1.807, 2.05) is 32.2 Å². The van der Waals surface area contributed by atoms with E-state index in [1.165, 1.54) is 0 Å². The number of pyridine rings is 1. The molecule has 1 saturated carbocycles. The summed E-state index contributed by atoms with van der Waals surface area (Å²) in [5.41, 5.74) is 2.43. The average Bonchev–Trinajstić information content (AvgIpc) is 3.01. The molecule has 22 heavy (non-hydrogen) atoms. The molecular formula is C16H16N4O2. The van der Waals surface area contributed by atoms with E-state index in [9.17, 15) is 4.79 Å². The highest BCUT2D eigenvalue weighted by Gasteiger charge is 2.45. The second-order valence-electron chi connectivity index (χ2n) is 5.76. The van der Waals surface area contributed by atoms with Crippen LogP contribution in [0.25, 0.3) is 11.0 Å². The van der Waals surface area contributed by atoms with Gasteiger partial charge in [0.2, 0.25) is 5.91 Å². The van der Waals surface area contributed by atoms with Crippen LogP contribution in [0.4, 0.5) is 5.69 Å². The van der Waals surface area contributed by atoms with Crippen LogP contribution in [-0.2, 0) is 11.8 Å². The third-order valence-corrected chi connectivity index (χ3v) is 4.17. The van der Waals surface area contributed by atoms with Crippen LogP contribution in [0.15, 0.2) is 35.1 Å². The van der Waals surface area contributed by atoms with Gasteiger partial charge in [-0.15, -0.1) is 0 Å². The number of carbonyl (C=O) groups is 1. The molecule has 1 aliphatic carbocycles. The Hall–Kier alpha value is -2.63. The SMILES string of the molecule is Cc1nn(C)c2ncc(NC(=O)[C@@H]3C[C@@H]3c3ccco3)cc12. The van der Waals surface area contributed by atoms with E-state index in [0.717, 1.165) is 28.9 Å². The number of aryl methyl sites for hydroxylation is 2. The van der Waals surface area contributed by atoms with Gasteiger partial charge < -0.3 is 9.73 Å². The predicted molar refractivity (Wildman–Crippen MR) is 81.4 cm³/mol. The van der Waals surface area contributed by atoms with E-state index < -0.39 is 0 Å². The van der Waals surface area contributed by atoms with E-state index in [1.54, 1.807) is 17.1 Å². The number of fused-ring (bicyclic) bond motifs is 1. The van der Waals surface area contributed by atoms with E-state index in [0.29, 0.717) is 5.69 Å². The lowest BCUT2D eigenvalue weighted by molar-refractivity contribution is -0.117. The van der Waals surface area contributed by atoms with Crippen molar-refractivity contribution in [3.05, 3.63) is 42.1 Å². The van der Waals surface area contributed by atoms with Crippen LogP contribution < -0.4 is 5.32 Å². The van der Waals surface area contributed by atoms with Crippen LogP contribution in [0, 0.1) is 12.8 Å². The van der Waals surface area contributed by atoms with Gasteiger partial charge in [-0.1, -0.05) is 0 Å². The van der Waals surface area contributed by atoms with E-state index in [-0.39, 0.29) is 17.7 Å². The third-order valence-electron chi connectivity index (χ3n) is 4.17. The molecule has 6 nitrogen and oxygen atoms in total. The van der Waals surface area contributed by atoms with Gasteiger partial charge in [-0.3, -0.25) is 9.48 Å². The number of aromatic nitrogens is 3. The largest absolute Gasteiger partial charge is 0.469 e. The molecule has 0 unspecified atom stereocenters. The molecule has 0 spiro atoms. The molecule has 6 heteroatoms. The zero-order valence-corrected chi connectivity index (χ0v) is 12.4. The standard InChI is InChI=1S/C16H16N4O2/c1-9-11-6-10(8-17-15(11)20(2)19-9)18-16(21)13-7-12(13)14-4-3-5-22-14/h3-6,8,12-13H,7H2,1-2H3,(H,18,21)/t12-,13+/m0/s1. The molecule has 1 N–H and O–H groups in total. The van der Waals surface area contributed by atoms with Crippen LogP contribution in [0.1, 0.15) is 23.8 Å². The summed E-state index contributed by atoms with van der Waals surface area (Å²) >= 11 is 0. The van der Waals surface area contributed by atoms with Gasteiger partial charge in [0.05, 0.1) is 23.8 Å². The van der Waals surface area contributed by atoms with Crippen LogP contribution in [0.3, 0.4) is 0 Å². The topological polar surface area (TPSA) is 73.0 Å². The van der Waals surface area contributed by atoms with Crippen molar-refractivity contribution < 1.29 is 9.21 Å². The molecule has 2 atom stereocenters. The monoisotopic (exact) mass is 296 g/mol. The van der Waals surface area contributed by atoms with Gasteiger partial charge in [0.15, 0.2) is 5.65 Å². The first-order chi connectivity index (χ1) is 10.6. The van der Waals surface area contributed by atoms with Gasteiger partial charge in [0.25, 0.3) is 0 Å². The molecule has 1 aliphatic rings. The van der Waals surface area contributed by atoms with Crippen molar-refractivity contribution in [1.29, 1.82) is 0 Å². The zero-order chi connectivity index (χ0) is 15.3. The highest BCUT2D eigenvalue weighted by atomic mass is 16.3. The number of hydrogen-bond acceptors (Lipinski definition) is 4. The molecule has 4 rings (SSSR count). The number of nitrogens with one attached hydrogen (secondary N) is 1. The molecule has 3 aromatic rings. The number of rotatable bonds is 3. The van der Waals surface area contributed by atoms with Crippen LogP contribution in [0.2, 0.25) is 0 Å². The van der Waals surface area contributed by atoms with Gasteiger partial charge in [0, 0.05) is 24.3 Å². The maximum absolute atomic E-state index is 12.3. The summed E-state index contributed by atoms with van der Waals surface area (Å²) in [6.07, 6.45) is 4.15. The molecule has 0 saturated heterocycles. The number of carbonyl (C=O) groups excluding carboxylic acids is 1. The van der Waals surface area contributed by atoms with Gasteiger partial charge in [-0.05, 0) is 31.5 Å². The lowest BCUT2D eigenvalue weighted by Crippen LogP contribution is -2.14. The molecule has 0 aromatic carbocycles. The summed E-state index contributed by atoms with van der Waals surface area (Å²) in [5, 5.41) is 8.23. The van der Waals surface area contributed by atoms with Crippen molar-refractivity contribution >= 4 is 22.6 Å². The maximum atomic E-state index is 12.3. The molecule has 112 valence electrons. The van der Waals surface area contributed by atoms with Crippen molar-refractivity contribution in [2.45, 2.75) is 19.3 Å². The minimum Gasteiger partial charge on any atom is -0.469 e. The van der Waals surface area contributed by atoms with Gasteiger partial charge in [0.1, 0.15) is 5.76 Å². The summed E-state index contributed by atoms with van der Waals surface area (Å²) in [7, 11) is 1.86. The van der Waals surface area contributed by atoms with Crippen molar-refractivity contribution in [2.24, 2.45) is 13.0 Å². The van der Waals surface area contributed by atoms with E-state index >= 15 is 0 Å². The molecular weight excluding hydrogens is 280 g/mol. The molecule has 0 bridgehead atoms. The minimum absolute atomic E-state index is 0.0168. The van der Waals surface area contributed by atoms with E-state index in [2.05, 4.69) is 15.4 Å². The first-order valence-electron chi connectivity index (χ1n) is 7.27. The normalized spacial score (nSPS) is 20.3. The quantitative estimate of drug-likeness (QED) is 0.806. The fourth-order valence-corrected chi connectivity index (χ4v) is 2.91. The lowest BCUT2D eigenvalue weighted by Gasteiger charge is -2.04. The molecule has 0 aliphatic heterocycles. The first kappa shape index (κ1) is 13.1. The Kier molecular flexibility index (Phi) is 2.79. The Balaban J connectivity index is 1.52. The highest BCUT2D eigenvalue weighted by molar-refractivity contribution is 5.96. The van der Waals surface area contributed by atoms with Crippen LogP contribution >= 0.6 is 0 Å². The smallest absolute Gasteiger partial charge is 0.228 e. The first-order valence-corrected chi connectivity index (χ1v) is 7.27. The number of furan rings is 1. The fourth-order valence-electron chi connectivity index (χ4n) is 2.91. The summed E-state index contributed by atoms with van der Waals surface area (Å²) < 4.78 is 7.10. The zero-order valence-electron chi connectivity index (χ0n) is 12.4. The summed E-state index contributed by atoms with van der Waals surface area (Å²) in [4.78, 5) is 16.7. The molecule has 1 fully saturated rings. The van der Waals surface area contributed by atoms with Crippen molar-refractivity contribution in [2.75, 3.05) is 5.32 Å². The molecule has 0 radical (unpaired) electrons. The second-order valence-corrected chi connectivity index (χ2v) is 5.76. The third kappa shape index (κ3) is 2.07. The number of nitrogens with zero attached hydrogens (tertiary/aromatic N) is 3. The number of amides is 1. The van der Waals surface area contributed by atoms with Crippen molar-refractivity contribution in [3.63, 3.8) is 0 Å². The molecule has 3 aromatic heterocycles. The highest BCUT2D eigenvalue weighted by Crippen LogP contribution is 2.48. The summed E-state index contributed by atoms with van der Waals surface area (Å²) in [5.74, 6) is 1.09. The van der Waals surface area contributed by atoms with Crippen molar-refractivity contribution in [1.82, 2.24) is 14.8 Å². The lowest BCUT2D eigenvalue weighted by atomic mass is 10.2. The summed E-state index contributed by atoms with van der Waals surface area (Å²) in [6.45, 7) is 1.93. The summed E-state index contributed by atoms with van der Waals surface area (Å²) in [6, 6.07) is 5.70. The second kappa shape index (κ2) is 4.69. The van der Waals surface area contributed by atoms with Crippen molar-refractivity contribution in [3.8, 4) is 0 Å². The molecule has 1 amide bonds.